The number of carboxylic acids is 1. The van der Waals surface area contributed by atoms with Crippen molar-refractivity contribution >= 4 is 57.2 Å². The normalized spacial score (nSPS) is 16.6. The number of aromatic carboxylic acids is 1. The van der Waals surface area contributed by atoms with Gasteiger partial charge in [0.2, 0.25) is 0 Å². The van der Waals surface area contributed by atoms with E-state index < -0.39 is 5.97 Å². The molecule has 8 nitrogen and oxygen atoms in total. The highest BCUT2D eigenvalue weighted by atomic mass is 32.2. The molecule has 6 rings (SSSR count). The number of carbonyl (C=O) groups is 2. The quantitative estimate of drug-likeness (QED) is 0.175. The SMILES string of the molecule is O=C(O)c1ccc(CCN2C(=O)C(=Cc3ccc(OCCN4CCOCC4)c(-c4ccc5ncccc5c4)c3)SC2=S)cc1. The van der Waals surface area contributed by atoms with Gasteiger partial charge in [0, 0.05) is 43.3 Å². The summed E-state index contributed by atoms with van der Waals surface area (Å²) in [7, 11) is 0. The zero-order valence-electron chi connectivity index (χ0n) is 24.0. The molecule has 0 spiro atoms. The molecule has 0 aliphatic carbocycles. The van der Waals surface area contributed by atoms with E-state index >= 15 is 0 Å². The number of pyridine rings is 1. The van der Waals surface area contributed by atoms with Crippen LogP contribution < -0.4 is 4.74 Å². The first kappa shape index (κ1) is 30.0. The van der Waals surface area contributed by atoms with Crippen LogP contribution in [0, 0.1) is 0 Å². The number of hydrogen-bond donors (Lipinski definition) is 1. The van der Waals surface area contributed by atoms with Crippen molar-refractivity contribution in [3.8, 4) is 16.9 Å². The summed E-state index contributed by atoms with van der Waals surface area (Å²) < 4.78 is 12.3. The van der Waals surface area contributed by atoms with Crippen LogP contribution >= 0.6 is 24.0 Å². The van der Waals surface area contributed by atoms with Gasteiger partial charge in [0.25, 0.3) is 5.91 Å². The molecule has 3 heterocycles. The van der Waals surface area contributed by atoms with Gasteiger partial charge in [-0.05, 0) is 71.7 Å². The van der Waals surface area contributed by atoms with E-state index in [0.29, 0.717) is 28.8 Å². The Labute approximate surface area is 265 Å². The molecule has 2 aliphatic heterocycles. The van der Waals surface area contributed by atoms with Crippen LogP contribution in [0.1, 0.15) is 21.5 Å². The maximum absolute atomic E-state index is 13.4. The van der Waals surface area contributed by atoms with Crippen molar-refractivity contribution < 1.29 is 24.2 Å². The molecule has 0 saturated carbocycles. The molecule has 2 saturated heterocycles. The van der Waals surface area contributed by atoms with Gasteiger partial charge in [-0.25, -0.2) is 4.79 Å². The van der Waals surface area contributed by atoms with E-state index in [0.717, 1.165) is 71.8 Å². The Hall–Kier alpha value is -4.09. The number of thiocarbonyl (C=S) groups is 1. The number of aromatic nitrogens is 1. The minimum atomic E-state index is -0.966. The molecule has 0 atom stereocenters. The molecule has 0 unspecified atom stereocenters. The molecule has 3 aromatic carbocycles. The van der Waals surface area contributed by atoms with E-state index in [1.165, 1.54) is 11.8 Å². The third kappa shape index (κ3) is 7.00. The third-order valence-corrected chi connectivity index (χ3v) is 9.06. The summed E-state index contributed by atoms with van der Waals surface area (Å²) in [6.07, 6.45) is 4.23. The number of carbonyl (C=O) groups excluding carboxylic acids is 1. The summed E-state index contributed by atoms with van der Waals surface area (Å²) in [4.78, 5) is 33.5. The average molecular weight is 626 g/mol. The van der Waals surface area contributed by atoms with Crippen molar-refractivity contribution in [3.63, 3.8) is 0 Å². The van der Waals surface area contributed by atoms with E-state index in [-0.39, 0.29) is 11.5 Å². The van der Waals surface area contributed by atoms with Gasteiger partial charge in [0.15, 0.2) is 0 Å². The standard InChI is InChI=1S/C34H31N3O5S2/c38-32-31(44-34(43)37(32)13-11-23-3-6-25(7-4-23)33(39)40)21-24-5-10-30(42-19-16-36-14-17-41-18-15-36)28(20-24)26-8-9-29-27(22-26)2-1-12-35-29/h1-10,12,20-22H,11,13-19H2,(H,39,40). The Morgan fingerprint density at radius 2 is 1.86 bits per heavy atom. The molecule has 4 aromatic rings. The van der Waals surface area contributed by atoms with Crippen LogP contribution in [-0.2, 0) is 16.0 Å². The highest BCUT2D eigenvalue weighted by Gasteiger charge is 2.31. The Morgan fingerprint density at radius 3 is 2.66 bits per heavy atom. The molecule has 1 aromatic heterocycles. The van der Waals surface area contributed by atoms with E-state index in [1.807, 2.05) is 42.5 Å². The second-order valence-electron chi connectivity index (χ2n) is 10.6. The lowest BCUT2D eigenvalue weighted by Crippen LogP contribution is -2.38. The summed E-state index contributed by atoms with van der Waals surface area (Å²) in [5.74, 6) is -0.321. The Morgan fingerprint density at radius 1 is 1.05 bits per heavy atom. The molecular formula is C34H31N3O5S2. The maximum atomic E-state index is 13.4. The number of fused-ring (bicyclic) bond motifs is 1. The van der Waals surface area contributed by atoms with E-state index in [9.17, 15) is 9.59 Å². The minimum Gasteiger partial charge on any atom is -0.492 e. The number of morpholine rings is 1. The third-order valence-electron chi connectivity index (χ3n) is 7.68. The number of amides is 1. The predicted molar refractivity (Wildman–Crippen MR) is 177 cm³/mol. The largest absolute Gasteiger partial charge is 0.492 e. The molecule has 2 aliphatic rings. The fourth-order valence-corrected chi connectivity index (χ4v) is 6.55. The first-order valence-corrected chi connectivity index (χ1v) is 15.7. The topological polar surface area (TPSA) is 92.2 Å². The lowest BCUT2D eigenvalue weighted by molar-refractivity contribution is -0.122. The highest BCUT2D eigenvalue weighted by molar-refractivity contribution is 8.26. The molecule has 1 N–H and O–H groups in total. The Kier molecular flexibility index (Phi) is 9.32. The van der Waals surface area contributed by atoms with Crippen molar-refractivity contribution in [2.75, 3.05) is 46.0 Å². The molecule has 224 valence electrons. The van der Waals surface area contributed by atoms with Crippen LogP contribution in [0.4, 0.5) is 0 Å². The Balaban J connectivity index is 1.21. The summed E-state index contributed by atoms with van der Waals surface area (Å²) >= 11 is 6.85. The van der Waals surface area contributed by atoms with Gasteiger partial charge in [-0.2, -0.15) is 0 Å². The lowest BCUT2D eigenvalue weighted by Gasteiger charge is -2.26. The molecule has 44 heavy (non-hydrogen) atoms. The highest BCUT2D eigenvalue weighted by Crippen LogP contribution is 2.36. The summed E-state index contributed by atoms with van der Waals surface area (Å²) in [6.45, 7) is 5.09. The fraction of sp³-hybridized carbons (Fsp3) is 0.235. The second kappa shape index (κ2) is 13.7. The van der Waals surface area contributed by atoms with Gasteiger partial charge in [0.05, 0.1) is 29.2 Å². The van der Waals surface area contributed by atoms with E-state index in [2.05, 4.69) is 22.0 Å². The van der Waals surface area contributed by atoms with Gasteiger partial charge in [0.1, 0.15) is 16.7 Å². The number of benzene rings is 3. The second-order valence-corrected chi connectivity index (χ2v) is 12.2. The number of ether oxygens (including phenoxy) is 2. The van der Waals surface area contributed by atoms with Gasteiger partial charge in [-0.1, -0.05) is 54.3 Å². The Bertz CT molecular complexity index is 1730. The van der Waals surface area contributed by atoms with Crippen molar-refractivity contribution in [1.82, 2.24) is 14.8 Å². The van der Waals surface area contributed by atoms with Gasteiger partial charge >= 0.3 is 5.97 Å². The summed E-state index contributed by atoms with van der Waals surface area (Å²) in [5, 5.41) is 10.2. The van der Waals surface area contributed by atoms with Gasteiger partial charge in [-0.15, -0.1) is 0 Å². The number of hydrogen-bond acceptors (Lipinski definition) is 8. The first-order valence-electron chi connectivity index (χ1n) is 14.4. The van der Waals surface area contributed by atoms with Gasteiger partial charge < -0.3 is 14.6 Å². The smallest absolute Gasteiger partial charge is 0.335 e. The van der Waals surface area contributed by atoms with Gasteiger partial charge in [-0.3, -0.25) is 19.6 Å². The van der Waals surface area contributed by atoms with Crippen LogP contribution in [0.5, 0.6) is 5.75 Å². The van der Waals surface area contributed by atoms with E-state index in [4.69, 9.17) is 26.8 Å². The molecular weight excluding hydrogens is 595 g/mol. The molecule has 2 fully saturated rings. The molecule has 10 heteroatoms. The fourth-order valence-electron chi connectivity index (χ4n) is 5.24. The zero-order chi connectivity index (χ0) is 30.5. The van der Waals surface area contributed by atoms with Crippen molar-refractivity contribution in [3.05, 3.63) is 101 Å². The van der Waals surface area contributed by atoms with Crippen LogP contribution in [0.3, 0.4) is 0 Å². The lowest BCUT2D eigenvalue weighted by atomic mass is 9.99. The average Bonchev–Trinajstić information content (AvgIpc) is 3.31. The predicted octanol–water partition coefficient (Wildman–Crippen LogP) is 5.75. The monoisotopic (exact) mass is 625 g/mol. The van der Waals surface area contributed by atoms with E-state index in [1.54, 1.807) is 35.4 Å². The molecule has 1 amide bonds. The van der Waals surface area contributed by atoms with Crippen LogP contribution in [0.15, 0.2) is 83.9 Å². The number of carboxylic acid groups (broad SMARTS) is 1. The molecule has 0 radical (unpaired) electrons. The number of rotatable bonds is 10. The first-order chi connectivity index (χ1) is 21.4. The zero-order valence-corrected chi connectivity index (χ0v) is 25.6. The minimum absolute atomic E-state index is 0.133. The number of nitrogens with zero attached hydrogens (tertiary/aromatic N) is 3. The summed E-state index contributed by atoms with van der Waals surface area (Å²) in [5.41, 5.74) is 4.90. The van der Waals surface area contributed by atoms with Crippen molar-refractivity contribution in [2.24, 2.45) is 0 Å². The maximum Gasteiger partial charge on any atom is 0.335 e. The molecule has 0 bridgehead atoms. The van der Waals surface area contributed by atoms with Crippen molar-refractivity contribution in [1.29, 1.82) is 0 Å². The summed E-state index contributed by atoms with van der Waals surface area (Å²) in [6, 6.07) is 22.8. The number of thioether (sulfide) groups is 1. The van der Waals surface area contributed by atoms with Crippen LogP contribution in [-0.4, -0.2) is 82.1 Å². The van der Waals surface area contributed by atoms with Crippen molar-refractivity contribution in [2.45, 2.75) is 6.42 Å². The van der Waals surface area contributed by atoms with Crippen LogP contribution in [0.25, 0.3) is 28.1 Å². The van der Waals surface area contributed by atoms with Crippen LogP contribution in [0.2, 0.25) is 0 Å².